The first-order valence-electron chi connectivity index (χ1n) is 11.5. The summed E-state index contributed by atoms with van der Waals surface area (Å²) in [6.45, 7) is 5.40. The standard InChI is InChI=1S/C25H25N5O6/c1-14-9-19(29-36-14)25(2,33)6-5-15-3-4-18-17(10-15)23-28-20(22(26)31)21(30(23)7-8-35-18)24(32)27-11-16-12-34-13-16/h3-4,9-10,16,33H,7-8,11-13H2,1-2H3,(H2,26,31)(H,27,32)/t25-/m1/s1. The van der Waals surface area contributed by atoms with Crippen molar-refractivity contribution in [3.05, 3.63) is 52.7 Å². The molecule has 0 saturated carbocycles. The molecule has 0 unspecified atom stereocenters. The maximum absolute atomic E-state index is 13.1. The van der Waals surface area contributed by atoms with E-state index in [9.17, 15) is 14.7 Å². The lowest BCUT2D eigenvalue weighted by Gasteiger charge is -2.26. The molecule has 0 bridgehead atoms. The van der Waals surface area contributed by atoms with Gasteiger partial charge in [-0.25, -0.2) is 4.98 Å². The molecule has 11 heteroatoms. The molecular formula is C25H25N5O6. The van der Waals surface area contributed by atoms with Crippen molar-refractivity contribution in [3.63, 3.8) is 0 Å². The fourth-order valence-electron chi connectivity index (χ4n) is 4.01. The Bertz CT molecular complexity index is 1410. The Morgan fingerprint density at radius 3 is 2.81 bits per heavy atom. The van der Waals surface area contributed by atoms with Gasteiger partial charge in [-0.15, -0.1) is 0 Å². The van der Waals surface area contributed by atoms with Crippen LogP contribution in [0.2, 0.25) is 0 Å². The second kappa shape index (κ2) is 9.14. The number of nitrogens with zero attached hydrogens (tertiary/aromatic N) is 3. The van der Waals surface area contributed by atoms with Gasteiger partial charge in [0.2, 0.25) is 0 Å². The average Bonchev–Trinajstić information content (AvgIpc) is 3.37. The molecule has 2 aliphatic rings. The zero-order chi connectivity index (χ0) is 25.4. The number of rotatable bonds is 5. The molecule has 4 heterocycles. The minimum absolute atomic E-state index is 0.0926. The minimum Gasteiger partial charge on any atom is -0.491 e. The molecule has 2 aromatic heterocycles. The Kier molecular flexibility index (Phi) is 5.99. The minimum atomic E-state index is -1.53. The highest BCUT2D eigenvalue weighted by molar-refractivity contribution is 6.05. The van der Waals surface area contributed by atoms with E-state index < -0.39 is 17.4 Å². The van der Waals surface area contributed by atoms with E-state index >= 15 is 0 Å². The smallest absolute Gasteiger partial charge is 0.270 e. The van der Waals surface area contributed by atoms with Crippen LogP contribution in [0.25, 0.3) is 11.4 Å². The molecule has 36 heavy (non-hydrogen) atoms. The van der Waals surface area contributed by atoms with E-state index in [2.05, 4.69) is 27.3 Å². The Balaban J connectivity index is 1.51. The van der Waals surface area contributed by atoms with Crippen molar-refractivity contribution in [1.82, 2.24) is 20.0 Å². The van der Waals surface area contributed by atoms with E-state index in [1.54, 1.807) is 35.8 Å². The number of hydrogen-bond donors (Lipinski definition) is 3. The van der Waals surface area contributed by atoms with Crippen molar-refractivity contribution in [2.45, 2.75) is 26.0 Å². The highest BCUT2D eigenvalue weighted by atomic mass is 16.5. The predicted octanol–water partition coefficient (Wildman–Crippen LogP) is 0.973. The molecule has 2 amide bonds. The number of carbonyl (C=O) groups excluding carboxylic acids is 2. The molecule has 1 atom stereocenters. The number of ether oxygens (including phenoxy) is 2. The zero-order valence-corrected chi connectivity index (χ0v) is 19.8. The maximum Gasteiger partial charge on any atom is 0.270 e. The molecule has 186 valence electrons. The highest BCUT2D eigenvalue weighted by Gasteiger charge is 2.30. The molecule has 5 rings (SSSR count). The van der Waals surface area contributed by atoms with E-state index in [0.29, 0.717) is 60.5 Å². The van der Waals surface area contributed by atoms with Crippen molar-refractivity contribution >= 4 is 11.8 Å². The number of imidazole rings is 1. The van der Waals surface area contributed by atoms with E-state index in [1.807, 2.05) is 0 Å². The number of carbonyl (C=O) groups is 2. The molecule has 11 nitrogen and oxygen atoms in total. The summed E-state index contributed by atoms with van der Waals surface area (Å²) in [5.74, 6) is 6.22. The molecule has 2 aliphatic heterocycles. The lowest BCUT2D eigenvalue weighted by atomic mass is 10.0. The van der Waals surface area contributed by atoms with Crippen LogP contribution in [0.1, 0.15) is 44.9 Å². The molecule has 1 aromatic carbocycles. The van der Waals surface area contributed by atoms with Crippen molar-refractivity contribution in [1.29, 1.82) is 0 Å². The van der Waals surface area contributed by atoms with Gasteiger partial charge in [-0.2, -0.15) is 0 Å². The molecule has 4 N–H and O–H groups in total. The lowest BCUT2D eigenvalue weighted by Crippen LogP contribution is -2.40. The van der Waals surface area contributed by atoms with Gasteiger partial charge in [0.05, 0.1) is 25.3 Å². The summed E-state index contributed by atoms with van der Waals surface area (Å²) in [7, 11) is 0. The fraction of sp³-hybridized carbons (Fsp3) is 0.360. The molecular weight excluding hydrogens is 466 g/mol. The van der Waals surface area contributed by atoms with Crippen molar-refractivity contribution in [2.24, 2.45) is 11.7 Å². The van der Waals surface area contributed by atoms with Crippen LogP contribution in [0.4, 0.5) is 0 Å². The third-order valence-corrected chi connectivity index (χ3v) is 6.04. The molecule has 1 fully saturated rings. The van der Waals surface area contributed by atoms with Crippen molar-refractivity contribution < 1.29 is 28.7 Å². The second-order valence-corrected chi connectivity index (χ2v) is 8.97. The summed E-state index contributed by atoms with van der Waals surface area (Å²) >= 11 is 0. The van der Waals surface area contributed by atoms with Gasteiger partial charge in [-0.3, -0.25) is 9.59 Å². The van der Waals surface area contributed by atoms with Gasteiger partial charge < -0.3 is 34.7 Å². The number of aliphatic hydroxyl groups is 1. The number of amides is 2. The summed E-state index contributed by atoms with van der Waals surface area (Å²) in [6, 6.07) is 6.83. The third-order valence-electron chi connectivity index (χ3n) is 6.04. The van der Waals surface area contributed by atoms with Gasteiger partial charge in [0.15, 0.2) is 11.3 Å². The quantitative estimate of drug-likeness (QED) is 0.446. The molecule has 0 spiro atoms. The molecule has 0 radical (unpaired) electrons. The van der Waals surface area contributed by atoms with E-state index in [-0.39, 0.29) is 23.9 Å². The van der Waals surface area contributed by atoms with Crippen LogP contribution in [0.5, 0.6) is 5.75 Å². The van der Waals surface area contributed by atoms with Crippen LogP contribution in [0.3, 0.4) is 0 Å². The Morgan fingerprint density at radius 2 is 2.14 bits per heavy atom. The lowest BCUT2D eigenvalue weighted by molar-refractivity contribution is -0.0299. The number of hydrogen-bond acceptors (Lipinski definition) is 8. The van der Waals surface area contributed by atoms with Crippen LogP contribution in [-0.4, -0.2) is 58.0 Å². The number of fused-ring (bicyclic) bond motifs is 3. The fourth-order valence-corrected chi connectivity index (χ4v) is 4.01. The van der Waals surface area contributed by atoms with Crippen LogP contribution in [0.15, 0.2) is 28.8 Å². The Hall–Kier alpha value is -4.14. The summed E-state index contributed by atoms with van der Waals surface area (Å²) < 4.78 is 17.7. The first kappa shape index (κ1) is 23.6. The van der Waals surface area contributed by atoms with E-state index in [0.717, 1.165) is 0 Å². The SMILES string of the molecule is Cc1cc([C@](C)(O)C#Cc2ccc3c(c2)-c2nc(C(N)=O)c(C(=O)NCC4COC4)n2CCO3)no1. The topological polar surface area (TPSA) is 155 Å². The Labute approximate surface area is 206 Å². The number of aryl methyl sites for hydroxylation is 1. The Morgan fingerprint density at radius 1 is 1.33 bits per heavy atom. The van der Waals surface area contributed by atoms with Gasteiger partial charge in [0.1, 0.15) is 35.3 Å². The molecule has 1 saturated heterocycles. The summed E-state index contributed by atoms with van der Waals surface area (Å²) in [5.41, 5.74) is 5.45. The van der Waals surface area contributed by atoms with Crippen LogP contribution < -0.4 is 15.8 Å². The third kappa shape index (κ3) is 4.44. The number of aromatic nitrogens is 3. The van der Waals surface area contributed by atoms with Crippen molar-refractivity contribution in [2.75, 3.05) is 26.4 Å². The van der Waals surface area contributed by atoms with Gasteiger partial charge in [-0.1, -0.05) is 17.0 Å². The van der Waals surface area contributed by atoms with Gasteiger partial charge >= 0.3 is 0 Å². The van der Waals surface area contributed by atoms with E-state index in [1.165, 1.54) is 6.92 Å². The predicted molar refractivity (Wildman–Crippen MR) is 126 cm³/mol. The molecule has 3 aromatic rings. The van der Waals surface area contributed by atoms with Gasteiger partial charge in [0, 0.05) is 24.1 Å². The van der Waals surface area contributed by atoms with Gasteiger partial charge in [0.25, 0.3) is 11.8 Å². The summed E-state index contributed by atoms with van der Waals surface area (Å²) in [5, 5.41) is 17.4. The maximum atomic E-state index is 13.1. The normalized spacial score (nSPS) is 16.2. The van der Waals surface area contributed by atoms with Crippen LogP contribution in [0, 0.1) is 24.7 Å². The number of primary amides is 1. The zero-order valence-electron chi connectivity index (χ0n) is 19.8. The summed E-state index contributed by atoms with van der Waals surface area (Å²) in [6.07, 6.45) is 0. The first-order chi connectivity index (χ1) is 17.2. The number of benzene rings is 1. The average molecular weight is 492 g/mol. The molecule has 0 aliphatic carbocycles. The summed E-state index contributed by atoms with van der Waals surface area (Å²) in [4.78, 5) is 29.7. The van der Waals surface area contributed by atoms with Crippen LogP contribution in [-0.2, 0) is 16.9 Å². The number of nitrogens with two attached hydrogens (primary N) is 1. The highest BCUT2D eigenvalue weighted by Crippen LogP contribution is 2.34. The first-order valence-corrected chi connectivity index (χ1v) is 11.5. The second-order valence-electron chi connectivity index (χ2n) is 8.97. The van der Waals surface area contributed by atoms with Crippen molar-refractivity contribution in [3.8, 4) is 29.0 Å². The largest absolute Gasteiger partial charge is 0.491 e. The van der Waals surface area contributed by atoms with Gasteiger partial charge in [-0.05, 0) is 32.0 Å². The van der Waals surface area contributed by atoms with E-state index in [4.69, 9.17) is 19.7 Å². The number of nitrogens with one attached hydrogen (secondary N) is 1. The van der Waals surface area contributed by atoms with Crippen LogP contribution >= 0.6 is 0 Å². The monoisotopic (exact) mass is 491 g/mol.